The van der Waals surface area contributed by atoms with E-state index in [1.807, 2.05) is 6.92 Å². The second-order valence-corrected chi connectivity index (χ2v) is 8.83. The van der Waals surface area contributed by atoms with E-state index in [0.717, 1.165) is 0 Å². The van der Waals surface area contributed by atoms with Gasteiger partial charge in [-0.2, -0.15) is 0 Å². The van der Waals surface area contributed by atoms with Gasteiger partial charge in [0.25, 0.3) is 0 Å². The van der Waals surface area contributed by atoms with Gasteiger partial charge in [-0.05, 0) is 47.5 Å². The van der Waals surface area contributed by atoms with Gasteiger partial charge >= 0.3 is 6.09 Å². The second-order valence-electron chi connectivity index (χ2n) is 5.38. The molecular formula is C14H18Br2N2O5S. The van der Waals surface area contributed by atoms with Crippen molar-refractivity contribution in [3.8, 4) is 0 Å². The minimum absolute atomic E-state index is 0.0952. The Morgan fingerprint density at radius 2 is 2.17 bits per heavy atom. The van der Waals surface area contributed by atoms with Crippen molar-refractivity contribution in [3.63, 3.8) is 0 Å². The van der Waals surface area contributed by atoms with E-state index in [0.29, 0.717) is 22.0 Å². The van der Waals surface area contributed by atoms with E-state index in [1.54, 1.807) is 12.1 Å². The number of rotatable bonds is 6. The highest BCUT2D eigenvalue weighted by Crippen LogP contribution is 2.27. The standard InChI is InChI=1S/C14H18Br2N2O5S/c1-2-23-8-11-6-10(7-18(11)14(19)20)17-24(21,22)13-5-9(15)3-4-12(13)16/h3-5,10-11,17H,2,6-8H2,1H3,(H,19,20)/t10-,11-/m1/s1. The van der Waals surface area contributed by atoms with Gasteiger partial charge in [0.05, 0.1) is 17.5 Å². The summed E-state index contributed by atoms with van der Waals surface area (Å²) in [7, 11) is -3.78. The third-order valence-electron chi connectivity index (χ3n) is 3.68. The van der Waals surface area contributed by atoms with E-state index in [9.17, 15) is 18.3 Å². The normalized spacial score (nSPS) is 21.2. The molecule has 1 saturated heterocycles. The summed E-state index contributed by atoms with van der Waals surface area (Å²) in [4.78, 5) is 12.7. The summed E-state index contributed by atoms with van der Waals surface area (Å²) in [5.41, 5.74) is 0. The van der Waals surface area contributed by atoms with Crippen molar-refractivity contribution in [3.05, 3.63) is 27.1 Å². The maximum atomic E-state index is 12.6. The van der Waals surface area contributed by atoms with Gasteiger partial charge in [-0.25, -0.2) is 17.9 Å². The molecule has 0 saturated carbocycles. The van der Waals surface area contributed by atoms with E-state index in [1.165, 1.54) is 11.0 Å². The maximum Gasteiger partial charge on any atom is 0.407 e. The zero-order valence-electron chi connectivity index (χ0n) is 12.9. The van der Waals surface area contributed by atoms with E-state index in [-0.39, 0.29) is 24.1 Å². The molecule has 2 N–H and O–H groups in total. The fraction of sp³-hybridized carbons (Fsp3) is 0.500. The van der Waals surface area contributed by atoms with Crippen LogP contribution in [0, 0.1) is 0 Å². The molecule has 0 radical (unpaired) electrons. The fourth-order valence-corrected chi connectivity index (χ4v) is 5.36. The highest BCUT2D eigenvalue weighted by Gasteiger charge is 2.37. The van der Waals surface area contributed by atoms with Gasteiger partial charge in [-0.3, -0.25) is 0 Å². The van der Waals surface area contributed by atoms with Crippen LogP contribution in [0.15, 0.2) is 32.0 Å². The second kappa shape index (κ2) is 8.13. The summed E-state index contributed by atoms with van der Waals surface area (Å²) in [5.74, 6) is 0. The maximum absolute atomic E-state index is 12.6. The lowest BCUT2D eigenvalue weighted by atomic mass is 10.2. The van der Waals surface area contributed by atoms with Crippen LogP contribution in [-0.2, 0) is 14.8 Å². The number of halogens is 2. The zero-order chi connectivity index (χ0) is 17.9. The monoisotopic (exact) mass is 484 g/mol. The number of likely N-dealkylation sites (tertiary alicyclic amines) is 1. The molecule has 1 aromatic carbocycles. The van der Waals surface area contributed by atoms with Gasteiger partial charge in [0.2, 0.25) is 10.0 Å². The lowest BCUT2D eigenvalue weighted by Gasteiger charge is -2.20. The Balaban J connectivity index is 2.15. The predicted molar refractivity (Wildman–Crippen MR) is 95.6 cm³/mol. The molecule has 24 heavy (non-hydrogen) atoms. The van der Waals surface area contributed by atoms with Gasteiger partial charge in [0, 0.05) is 28.1 Å². The summed E-state index contributed by atoms with van der Waals surface area (Å²) < 4.78 is 34.2. The van der Waals surface area contributed by atoms with Crippen LogP contribution in [0.5, 0.6) is 0 Å². The van der Waals surface area contributed by atoms with Crippen LogP contribution < -0.4 is 4.72 Å². The molecule has 1 aromatic rings. The van der Waals surface area contributed by atoms with Crippen LogP contribution >= 0.6 is 31.9 Å². The lowest BCUT2D eigenvalue weighted by Crippen LogP contribution is -2.39. The third-order valence-corrected chi connectivity index (χ3v) is 6.69. The van der Waals surface area contributed by atoms with Gasteiger partial charge in [-0.1, -0.05) is 15.9 Å². The van der Waals surface area contributed by atoms with Crippen molar-refractivity contribution in [2.75, 3.05) is 19.8 Å². The van der Waals surface area contributed by atoms with E-state index in [4.69, 9.17) is 4.74 Å². The van der Waals surface area contributed by atoms with Gasteiger partial charge in [-0.15, -0.1) is 0 Å². The van der Waals surface area contributed by atoms with Crippen molar-refractivity contribution in [1.82, 2.24) is 9.62 Å². The fourth-order valence-electron chi connectivity index (χ4n) is 2.61. The number of carboxylic acid groups (broad SMARTS) is 1. The number of amides is 1. The average Bonchev–Trinajstić information content (AvgIpc) is 2.89. The summed E-state index contributed by atoms with van der Waals surface area (Å²) in [5, 5.41) is 9.28. The number of hydrogen-bond acceptors (Lipinski definition) is 4. The highest BCUT2D eigenvalue weighted by atomic mass is 79.9. The zero-order valence-corrected chi connectivity index (χ0v) is 16.9. The first-order valence-corrected chi connectivity index (χ1v) is 10.4. The van der Waals surface area contributed by atoms with Crippen molar-refractivity contribution in [2.24, 2.45) is 0 Å². The van der Waals surface area contributed by atoms with Gasteiger partial charge in [0.15, 0.2) is 0 Å². The number of sulfonamides is 1. The largest absolute Gasteiger partial charge is 0.465 e. The molecule has 1 aliphatic rings. The Hall–Kier alpha value is -0.680. The number of nitrogens with one attached hydrogen (secondary N) is 1. The molecule has 0 aromatic heterocycles. The van der Waals surface area contributed by atoms with Crippen LogP contribution in [0.3, 0.4) is 0 Å². The van der Waals surface area contributed by atoms with E-state index >= 15 is 0 Å². The molecule has 1 amide bonds. The van der Waals surface area contributed by atoms with Crippen LogP contribution in [0.25, 0.3) is 0 Å². The van der Waals surface area contributed by atoms with Crippen molar-refractivity contribution < 1.29 is 23.1 Å². The van der Waals surface area contributed by atoms with Crippen molar-refractivity contribution in [2.45, 2.75) is 30.3 Å². The van der Waals surface area contributed by atoms with Crippen molar-refractivity contribution in [1.29, 1.82) is 0 Å². The number of carbonyl (C=O) groups is 1. The highest BCUT2D eigenvalue weighted by molar-refractivity contribution is 9.11. The van der Waals surface area contributed by atoms with Crippen LogP contribution in [0.2, 0.25) is 0 Å². The van der Waals surface area contributed by atoms with Crippen LogP contribution in [0.1, 0.15) is 13.3 Å². The Morgan fingerprint density at radius 3 is 2.79 bits per heavy atom. The molecule has 7 nitrogen and oxygen atoms in total. The lowest BCUT2D eigenvalue weighted by molar-refractivity contribution is 0.0790. The smallest absolute Gasteiger partial charge is 0.407 e. The van der Waals surface area contributed by atoms with Crippen LogP contribution in [0.4, 0.5) is 4.79 Å². The summed E-state index contributed by atoms with van der Waals surface area (Å²) >= 11 is 6.48. The molecule has 1 fully saturated rings. The van der Waals surface area contributed by atoms with E-state index in [2.05, 4.69) is 36.6 Å². The molecule has 0 aliphatic carbocycles. The molecule has 1 heterocycles. The first-order valence-electron chi connectivity index (χ1n) is 7.29. The predicted octanol–water partition coefficient (Wildman–Crippen LogP) is 2.65. The Bertz CT molecular complexity index is 713. The average molecular weight is 486 g/mol. The topological polar surface area (TPSA) is 95.9 Å². The minimum Gasteiger partial charge on any atom is -0.465 e. The summed E-state index contributed by atoms with van der Waals surface area (Å²) in [6.07, 6.45) is -0.706. The van der Waals surface area contributed by atoms with Gasteiger partial charge in [0.1, 0.15) is 0 Å². The Labute approximate surface area is 157 Å². The third kappa shape index (κ3) is 4.69. The molecule has 2 rings (SSSR count). The minimum atomic E-state index is -3.78. The van der Waals surface area contributed by atoms with Gasteiger partial charge < -0.3 is 14.7 Å². The summed E-state index contributed by atoms with van der Waals surface area (Å²) in [6, 6.07) is 4.00. The first-order chi connectivity index (χ1) is 11.2. The quantitative estimate of drug-likeness (QED) is 0.645. The number of benzene rings is 1. The molecule has 2 atom stereocenters. The number of ether oxygens (including phenoxy) is 1. The molecule has 0 unspecified atom stereocenters. The molecule has 0 bridgehead atoms. The molecule has 1 aliphatic heterocycles. The molecule has 10 heteroatoms. The number of nitrogens with zero attached hydrogens (tertiary/aromatic N) is 1. The SMILES string of the molecule is CCOC[C@H]1C[C@@H](NS(=O)(=O)c2cc(Br)ccc2Br)CN1C(=O)O. The Morgan fingerprint density at radius 1 is 1.46 bits per heavy atom. The molecular weight excluding hydrogens is 468 g/mol. The summed E-state index contributed by atoms with van der Waals surface area (Å²) in [6.45, 7) is 2.65. The van der Waals surface area contributed by atoms with E-state index < -0.39 is 22.2 Å². The molecule has 134 valence electrons. The first kappa shape index (κ1) is 19.6. The van der Waals surface area contributed by atoms with Crippen molar-refractivity contribution >= 4 is 48.0 Å². The molecule has 0 spiro atoms. The van der Waals surface area contributed by atoms with Crippen LogP contribution in [-0.4, -0.2) is 56.4 Å². The number of hydrogen-bond donors (Lipinski definition) is 2. The Kier molecular flexibility index (Phi) is 6.66.